The molecule has 0 fully saturated rings. The highest BCUT2D eigenvalue weighted by atomic mass is 32.1. The van der Waals surface area contributed by atoms with Crippen molar-refractivity contribution in [2.75, 3.05) is 20.3 Å². The van der Waals surface area contributed by atoms with Crippen molar-refractivity contribution < 1.29 is 23.9 Å². The van der Waals surface area contributed by atoms with Crippen LogP contribution in [0.2, 0.25) is 0 Å². The van der Waals surface area contributed by atoms with Crippen LogP contribution in [0.25, 0.3) is 0 Å². The zero-order chi connectivity index (χ0) is 23.1. The van der Waals surface area contributed by atoms with Gasteiger partial charge in [0.25, 0.3) is 5.91 Å². The largest absolute Gasteiger partial charge is 0.497 e. The lowest BCUT2D eigenvalue weighted by molar-refractivity contribution is -0.141. The Labute approximate surface area is 191 Å². The summed E-state index contributed by atoms with van der Waals surface area (Å²) < 4.78 is 12.3. The van der Waals surface area contributed by atoms with Gasteiger partial charge in [-0.15, -0.1) is 11.3 Å². The lowest BCUT2D eigenvalue weighted by Gasteiger charge is -2.10. The summed E-state index contributed by atoms with van der Waals surface area (Å²) in [6, 6.07) is 13.1. The molecule has 0 radical (unpaired) electrons. The van der Waals surface area contributed by atoms with Gasteiger partial charge in [-0.05, 0) is 55.5 Å². The van der Waals surface area contributed by atoms with E-state index in [0.717, 1.165) is 30.1 Å². The summed E-state index contributed by atoms with van der Waals surface area (Å²) in [4.78, 5) is 36.9. The van der Waals surface area contributed by atoms with Crippen LogP contribution >= 0.6 is 11.3 Å². The first-order valence-electron chi connectivity index (χ1n) is 10.2. The molecule has 168 valence electrons. The molecule has 0 bridgehead atoms. The Morgan fingerprint density at radius 1 is 1.09 bits per heavy atom. The average Bonchev–Trinajstić information content (AvgIpc) is 3.43. The third-order valence-corrected chi connectivity index (χ3v) is 6.03. The van der Waals surface area contributed by atoms with E-state index in [2.05, 4.69) is 9.88 Å². The molecule has 0 atom stereocenters. The number of aromatic nitrogens is 1. The van der Waals surface area contributed by atoms with E-state index >= 15 is 0 Å². The lowest BCUT2D eigenvalue weighted by atomic mass is 10.1. The zero-order valence-corrected chi connectivity index (χ0v) is 19.2. The number of nitrogens with zero attached hydrogens (tertiary/aromatic N) is 1. The fourth-order valence-electron chi connectivity index (χ4n) is 3.38. The monoisotopic (exact) mass is 454 g/mol. The average molecular weight is 455 g/mol. The topological polar surface area (TPSA) is 86.6 Å². The second kappa shape index (κ2) is 10.8. The van der Waals surface area contributed by atoms with Crippen molar-refractivity contribution in [3.05, 3.63) is 75.2 Å². The van der Waals surface area contributed by atoms with Gasteiger partial charge < -0.3 is 19.4 Å². The molecule has 7 nitrogen and oxygen atoms in total. The van der Waals surface area contributed by atoms with Crippen LogP contribution in [0.1, 0.15) is 37.0 Å². The Morgan fingerprint density at radius 3 is 2.50 bits per heavy atom. The SMILES string of the molecule is COc1ccc(CCn2c(C)cc(C(=O)COC(=O)CNC(=O)c3cccs3)c2C)cc1. The molecule has 0 spiro atoms. The third-order valence-electron chi connectivity index (χ3n) is 5.16. The number of amides is 1. The van der Waals surface area contributed by atoms with Crippen molar-refractivity contribution in [1.82, 2.24) is 9.88 Å². The molecule has 0 saturated heterocycles. The minimum atomic E-state index is -0.656. The zero-order valence-electron chi connectivity index (χ0n) is 18.3. The van der Waals surface area contributed by atoms with Crippen LogP contribution < -0.4 is 10.1 Å². The number of benzene rings is 1. The number of nitrogens with one attached hydrogen (secondary N) is 1. The van der Waals surface area contributed by atoms with Gasteiger partial charge in [-0.2, -0.15) is 0 Å². The molecular weight excluding hydrogens is 428 g/mol. The highest BCUT2D eigenvalue weighted by Gasteiger charge is 2.18. The number of Topliss-reactive ketones (excluding diaryl/α,β-unsaturated/α-hetero) is 1. The second-order valence-corrected chi connectivity index (χ2v) is 8.23. The maximum atomic E-state index is 12.6. The summed E-state index contributed by atoms with van der Waals surface area (Å²) >= 11 is 1.28. The Hall–Kier alpha value is -3.39. The van der Waals surface area contributed by atoms with Crippen molar-refractivity contribution in [3.63, 3.8) is 0 Å². The highest BCUT2D eigenvalue weighted by Crippen LogP contribution is 2.18. The molecule has 1 aromatic carbocycles. The number of aryl methyl sites for hydroxylation is 2. The van der Waals surface area contributed by atoms with Crippen LogP contribution in [0.4, 0.5) is 0 Å². The Bertz CT molecular complexity index is 1080. The number of ketones is 1. The van der Waals surface area contributed by atoms with Crippen LogP contribution in [-0.4, -0.2) is 42.5 Å². The first kappa shape index (κ1) is 23.3. The van der Waals surface area contributed by atoms with Crippen molar-refractivity contribution in [2.24, 2.45) is 0 Å². The Morgan fingerprint density at radius 2 is 1.84 bits per heavy atom. The predicted molar refractivity (Wildman–Crippen MR) is 123 cm³/mol. The number of rotatable bonds is 10. The summed E-state index contributed by atoms with van der Waals surface area (Å²) in [5, 5.41) is 4.26. The molecule has 0 unspecified atom stereocenters. The number of thiophene rings is 1. The van der Waals surface area contributed by atoms with Gasteiger partial charge in [0.1, 0.15) is 12.3 Å². The molecule has 0 aliphatic carbocycles. The van der Waals surface area contributed by atoms with E-state index in [4.69, 9.17) is 9.47 Å². The molecule has 0 aliphatic rings. The molecule has 1 amide bonds. The van der Waals surface area contributed by atoms with E-state index in [1.54, 1.807) is 24.6 Å². The summed E-state index contributed by atoms with van der Waals surface area (Å²) in [7, 11) is 1.64. The summed E-state index contributed by atoms with van der Waals surface area (Å²) in [6.45, 7) is 3.91. The van der Waals surface area contributed by atoms with E-state index in [-0.39, 0.29) is 24.8 Å². The van der Waals surface area contributed by atoms with Crippen LogP contribution in [-0.2, 0) is 22.5 Å². The molecular formula is C24H26N2O5S. The van der Waals surface area contributed by atoms with Gasteiger partial charge in [0.15, 0.2) is 6.61 Å². The number of carbonyl (C=O) groups excluding carboxylic acids is 3. The molecule has 0 saturated carbocycles. The molecule has 2 heterocycles. The normalized spacial score (nSPS) is 10.6. The maximum Gasteiger partial charge on any atom is 0.325 e. The first-order valence-corrected chi connectivity index (χ1v) is 11.1. The fourth-order valence-corrected chi connectivity index (χ4v) is 4.02. The standard InChI is InChI=1S/C24H26N2O5S/c1-16-13-20(17(2)26(16)11-10-18-6-8-19(30-3)9-7-18)21(27)15-31-23(28)14-25-24(29)22-5-4-12-32-22/h4-9,12-13H,10-11,14-15H2,1-3H3,(H,25,29). The summed E-state index contributed by atoms with van der Waals surface area (Å²) in [5.74, 6) is -0.456. The maximum absolute atomic E-state index is 12.6. The van der Waals surface area contributed by atoms with E-state index in [0.29, 0.717) is 10.4 Å². The first-order chi connectivity index (χ1) is 15.4. The highest BCUT2D eigenvalue weighted by molar-refractivity contribution is 7.12. The van der Waals surface area contributed by atoms with Crippen molar-refractivity contribution >= 4 is 29.0 Å². The van der Waals surface area contributed by atoms with Gasteiger partial charge in [0.2, 0.25) is 5.78 Å². The molecule has 0 aliphatic heterocycles. The van der Waals surface area contributed by atoms with E-state index in [1.165, 1.54) is 16.9 Å². The van der Waals surface area contributed by atoms with Crippen LogP contribution in [0.3, 0.4) is 0 Å². The minimum absolute atomic E-state index is 0.272. The number of hydrogen-bond acceptors (Lipinski definition) is 6. The quantitative estimate of drug-likeness (QED) is 0.374. The van der Waals surface area contributed by atoms with Gasteiger partial charge in [0, 0.05) is 23.5 Å². The summed E-state index contributed by atoms with van der Waals surface area (Å²) in [6.07, 6.45) is 0.812. The number of hydrogen-bond donors (Lipinski definition) is 1. The smallest absolute Gasteiger partial charge is 0.325 e. The molecule has 8 heteroatoms. The molecule has 1 N–H and O–H groups in total. The van der Waals surface area contributed by atoms with Crippen LogP contribution in [0, 0.1) is 13.8 Å². The molecule has 32 heavy (non-hydrogen) atoms. The van der Waals surface area contributed by atoms with Gasteiger partial charge in [0.05, 0.1) is 12.0 Å². The number of methoxy groups -OCH3 is 1. The predicted octanol–water partition coefficient (Wildman–Crippen LogP) is 3.57. The van der Waals surface area contributed by atoms with Crippen LogP contribution in [0.15, 0.2) is 47.8 Å². The van der Waals surface area contributed by atoms with Crippen molar-refractivity contribution in [1.29, 1.82) is 0 Å². The summed E-state index contributed by atoms with van der Waals surface area (Å²) in [5.41, 5.74) is 3.51. The number of carbonyl (C=O) groups is 3. The van der Waals surface area contributed by atoms with Gasteiger partial charge in [-0.25, -0.2) is 0 Å². The molecule has 2 aromatic heterocycles. The van der Waals surface area contributed by atoms with Crippen molar-refractivity contribution in [3.8, 4) is 5.75 Å². The van der Waals surface area contributed by atoms with E-state index in [9.17, 15) is 14.4 Å². The molecule has 3 rings (SSSR count). The third kappa shape index (κ3) is 5.85. The van der Waals surface area contributed by atoms with Crippen molar-refractivity contribution in [2.45, 2.75) is 26.8 Å². The van der Waals surface area contributed by atoms with Gasteiger partial charge >= 0.3 is 5.97 Å². The van der Waals surface area contributed by atoms with E-state index in [1.807, 2.05) is 44.2 Å². The fraction of sp³-hybridized carbons (Fsp3) is 0.292. The molecule has 3 aromatic rings. The lowest BCUT2D eigenvalue weighted by Crippen LogP contribution is -2.31. The minimum Gasteiger partial charge on any atom is -0.497 e. The van der Waals surface area contributed by atoms with Gasteiger partial charge in [-0.1, -0.05) is 18.2 Å². The number of esters is 1. The number of ether oxygens (including phenoxy) is 2. The van der Waals surface area contributed by atoms with Crippen LogP contribution in [0.5, 0.6) is 5.75 Å². The van der Waals surface area contributed by atoms with Gasteiger partial charge in [-0.3, -0.25) is 14.4 Å². The Kier molecular flexibility index (Phi) is 7.83. The Balaban J connectivity index is 1.51. The van der Waals surface area contributed by atoms with E-state index < -0.39 is 5.97 Å². The second-order valence-electron chi connectivity index (χ2n) is 7.28.